The Morgan fingerprint density at radius 3 is 2.38 bits per heavy atom. The van der Waals surface area contributed by atoms with Crippen molar-refractivity contribution < 1.29 is 9.53 Å². The van der Waals surface area contributed by atoms with E-state index < -0.39 is 0 Å². The van der Waals surface area contributed by atoms with Crippen LogP contribution in [0.3, 0.4) is 0 Å². The summed E-state index contributed by atoms with van der Waals surface area (Å²) in [4.78, 5) is 26.5. The molecule has 3 aromatic carbocycles. The Labute approximate surface area is 202 Å². The summed E-state index contributed by atoms with van der Waals surface area (Å²) in [7, 11) is 1.62. The normalized spacial score (nSPS) is 13.7. The molecule has 8 heteroatoms. The maximum atomic E-state index is 12.8. The maximum absolute atomic E-state index is 12.8. The van der Waals surface area contributed by atoms with Gasteiger partial charge in [-0.1, -0.05) is 41.9 Å². The SMILES string of the molecule is COc1ccc(NC(=O)N2CCN(c3nc(-c4ccccc4)nc4cc(Cl)ccc34)CC2)cc1. The summed E-state index contributed by atoms with van der Waals surface area (Å²) in [5, 5.41) is 4.54. The first-order valence-corrected chi connectivity index (χ1v) is 11.5. The molecule has 0 atom stereocenters. The number of piperazine rings is 1. The van der Waals surface area contributed by atoms with Gasteiger partial charge in [-0.25, -0.2) is 14.8 Å². The number of carbonyl (C=O) groups excluding carboxylic acids is 1. The third-order valence-corrected chi connectivity index (χ3v) is 6.11. The number of carbonyl (C=O) groups is 1. The number of amides is 2. The highest BCUT2D eigenvalue weighted by molar-refractivity contribution is 6.31. The van der Waals surface area contributed by atoms with Crippen molar-refractivity contribution in [2.75, 3.05) is 43.5 Å². The van der Waals surface area contributed by atoms with Crippen LogP contribution >= 0.6 is 11.6 Å². The number of rotatable bonds is 4. The van der Waals surface area contributed by atoms with E-state index >= 15 is 0 Å². The van der Waals surface area contributed by atoms with E-state index in [2.05, 4.69) is 10.2 Å². The standard InChI is InChI=1S/C26H24ClN5O2/c1-34-21-10-8-20(9-11-21)28-26(33)32-15-13-31(14-16-32)25-22-12-7-19(27)17-23(22)29-24(30-25)18-5-3-2-4-6-18/h2-12,17H,13-16H2,1H3,(H,28,33). The predicted octanol–water partition coefficient (Wildman–Crippen LogP) is 5.31. The van der Waals surface area contributed by atoms with E-state index in [0.29, 0.717) is 37.0 Å². The molecule has 0 spiro atoms. The lowest BCUT2D eigenvalue weighted by Crippen LogP contribution is -2.50. The van der Waals surface area contributed by atoms with Crippen molar-refractivity contribution in [2.45, 2.75) is 0 Å². The summed E-state index contributed by atoms with van der Waals surface area (Å²) in [6.07, 6.45) is 0. The van der Waals surface area contributed by atoms with Crippen molar-refractivity contribution in [1.82, 2.24) is 14.9 Å². The van der Waals surface area contributed by atoms with Crippen molar-refractivity contribution >= 4 is 40.0 Å². The van der Waals surface area contributed by atoms with Crippen LogP contribution in [0.4, 0.5) is 16.3 Å². The monoisotopic (exact) mass is 473 g/mol. The lowest BCUT2D eigenvalue weighted by Gasteiger charge is -2.36. The molecule has 2 heterocycles. The van der Waals surface area contributed by atoms with E-state index in [-0.39, 0.29) is 6.03 Å². The number of hydrogen-bond acceptors (Lipinski definition) is 5. The molecule has 0 radical (unpaired) electrons. The van der Waals surface area contributed by atoms with Gasteiger partial charge in [0.1, 0.15) is 11.6 Å². The highest BCUT2D eigenvalue weighted by Gasteiger charge is 2.24. The van der Waals surface area contributed by atoms with E-state index in [1.54, 1.807) is 7.11 Å². The summed E-state index contributed by atoms with van der Waals surface area (Å²) in [5.74, 6) is 2.26. The van der Waals surface area contributed by atoms with Gasteiger partial charge in [0.2, 0.25) is 0 Å². The van der Waals surface area contributed by atoms with E-state index in [1.807, 2.05) is 77.7 Å². The molecule has 34 heavy (non-hydrogen) atoms. The first-order chi connectivity index (χ1) is 16.6. The largest absolute Gasteiger partial charge is 0.497 e. The zero-order chi connectivity index (χ0) is 23.5. The molecule has 1 aliphatic rings. The van der Waals surface area contributed by atoms with Crippen LogP contribution in [0.1, 0.15) is 0 Å². The fourth-order valence-electron chi connectivity index (χ4n) is 4.04. The zero-order valence-electron chi connectivity index (χ0n) is 18.7. The number of ether oxygens (including phenoxy) is 1. The molecule has 2 amide bonds. The number of urea groups is 1. The van der Waals surface area contributed by atoms with Crippen LogP contribution < -0.4 is 15.0 Å². The van der Waals surface area contributed by atoms with Crippen molar-refractivity contribution in [3.63, 3.8) is 0 Å². The number of methoxy groups -OCH3 is 1. The van der Waals surface area contributed by atoms with E-state index in [4.69, 9.17) is 26.3 Å². The van der Waals surface area contributed by atoms with Gasteiger partial charge in [0, 0.05) is 47.8 Å². The molecule has 1 fully saturated rings. The topological polar surface area (TPSA) is 70.6 Å². The minimum atomic E-state index is -0.117. The summed E-state index contributed by atoms with van der Waals surface area (Å²) < 4.78 is 5.17. The van der Waals surface area contributed by atoms with Gasteiger partial charge < -0.3 is 19.9 Å². The molecule has 5 rings (SSSR count). The first kappa shape index (κ1) is 22.0. The van der Waals surface area contributed by atoms with Gasteiger partial charge >= 0.3 is 6.03 Å². The molecule has 1 aromatic heterocycles. The minimum absolute atomic E-state index is 0.117. The number of aromatic nitrogens is 2. The third kappa shape index (κ3) is 4.61. The number of halogens is 1. The molecule has 1 N–H and O–H groups in total. The summed E-state index contributed by atoms with van der Waals surface area (Å²) >= 11 is 6.26. The molecular formula is C26H24ClN5O2. The Balaban J connectivity index is 1.35. The maximum Gasteiger partial charge on any atom is 0.321 e. The van der Waals surface area contributed by atoms with Gasteiger partial charge in [0.25, 0.3) is 0 Å². The number of fused-ring (bicyclic) bond motifs is 1. The van der Waals surface area contributed by atoms with E-state index in [1.165, 1.54) is 0 Å². The Hall–Kier alpha value is -3.84. The van der Waals surface area contributed by atoms with Crippen molar-refractivity contribution in [1.29, 1.82) is 0 Å². The molecule has 0 unspecified atom stereocenters. The van der Waals surface area contributed by atoms with Crippen LogP contribution in [0.15, 0.2) is 72.8 Å². The molecule has 172 valence electrons. The number of anilines is 2. The number of hydrogen-bond donors (Lipinski definition) is 1. The lowest BCUT2D eigenvalue weighted by atomic mass is 10.1. The van der Waals surface area contributed by atoms with Gasteiger partial charge in [0.15, 0.2) is 5.82 Å². The zero-order valence-corrected chi connectivity index (χ0v) is 19.5. The van der Waals surface area contributed by atoms with Gasteiger partial charge in [-0.3, -0.25) is 0 Å². The van der Waals surface area contributed by atoms with E-state index in [9.17, 15) is 4.79 Å². The molecule has 0 aliphatic carbocycles. The average Bonchev–Trinajstić information content (AvgIpc) is 2.89. The van der Waals surface area contributed by atoms with Crippen molar-refractivity contribution in [2.24, 2.45) is 0 Å². The fraction of sp³-hybridized carbons (Fsp3) is 0.192. The molecule has 4 aromatic rings. The smallest absolute Gasteiger partial charge is 0.321 e. The first-order valence-electron chi connectivity index (χ1n) is 11.1. The van der Waals surface area contributed by atoms with E-state index in [0.717, 1.165) is 33.7 Å². The Bertz CT molecular complexity index is 1310. The highest BCUT2D eigenvalue weighted by atomic mass is 35.5. The molecule has 0 bridgehead atoms. The average molecular weight is 474 g/mol. The highest BCUT2D eigenvalue weighted by Crippen LogP contribution is 2.30. The van der Waals surface area contributed by atoms with Gasteiger partial charge in [-0.15, -0.1) is 0 Å². The second-order valence-corrected chi connectivity index (χ2v) is 8.47. The summed E-state index contributed by atoms with van der Waals surface area (Å²) in [6, 6.07) is 22.8. The second-order valence-electron chi connectivity index (χ2n) is 8.03. The molecule has 1 saturated heterocycles. The number of nitrogens with one attached hydrogen (secondary N) is 1. The van der Waals surface area contributed by atoms with Gasteiger partial charge in [-0.05, 0) is 42.5 Å². The van der Waals surface area contributed by atoms with Crippen molar-refractivity contribution in [3.8, 4) is 17.1 Å². The van der Waals surface area contributed by atoms with Crippen molar-refractivity contribution in [3.05, 3.63) is 77.8 Å². The Morgan fingerprint density at radius 1 is 0.941 bits per heavy atom. The molecule has 1 aliphatic heterocycles. The molecular weight excluding hydrogens is 450 g/mol. The number of benzene rings is 3. The van der Waals surface area contributed by atoms with Crippen LogP contribution in [0.5, 0.6) is 5.75 Å². The molecule has 0 saturated carbocycles. The Morgan fingerprint density at radius 2 is 1.68 bits per heavy atom. The quantitative estimate of drug-likeness (QED) is 0.434. The summed E-state index contributed by atoms with van der Waals surface area (Å²) in [6.45, 7) is 2.50. The van der Waals surface area contributed by atoms with Crippen LogP contribution in [0, 0.1) is 0 Å². The molecule has 7 nitrogen and oxygen atoms in total. The van der Waals surface area contributed by atoms with Crippen LogP contribution in [-0.4, -0.2) is 54.2 Å². The Kier molecular flexibility index (Phi) is 6.18. The minimum Gasteiger partial charge on any atom is -0.497 e. The van der Waals surface area contributed by atoms with Gasteiger partial charge in [0.05, 0.1) is 12.6 Å². The lowest BCUT2D eigenvalue weighted by molar-refractivity contribution is 0.208. The third-order valence-electron chi connectivity index (χ3n) is 5.88. The number of nitrogens with zero attached hydrogens (tertiary/aromatic N) is 4. The van der Waals surface area contributed by atoms with Crippen LogP contribution in [0.2, 0.25) is 5.02 Å². The van der Waals surface area contributed by atoms with Crippen LogP contribution in [0.25, 0.3) is 22.3 Å². The summed E-state index contributed by atoms with van der Waals surface area (Å²) in [5.41, 5.74) is 2.48. The van der Waals surface area contributed by atoms with Crippen LogP contribution in [-0.2, 0) is 0 Å². The van der Waals surface area contributed by atoms with Gasteiger partial charge in [-0.2, -0.15) is 0 Å². The fourth-order valence-corrected chi connectivity index (χ4v) is 4.21. The predicted molar refractivity (Wildman–Crippen MR) is 136 cm³/mol. The second kappa shape index (κ2) is 9.57.